The maximum atomic E-state index is 12.7. The van der Waals surface area contributed by atoms with Crippen LogP contribution < -0.4 is 0 Å². The standard InChI is InChI=1S/C15H27NO3/c1-3-15(2,16-6-10-19-11-7-16)14(17)12-13-4-8-18-9-5-13/h13H,3-12H2,1-2H3. The first kappa shape index (κ1) is 14.9. The summed E-state index contributed by atoms with van der Waals surface area (Å²) in [4.78, 5) is 15.1. The summed E-state index contributed by atoms with van der Waals surface area (Å²) in [6, 6.07) is 0. The smallest absolute Gasteiger partial charge is 0.153 e. The van der Waals surface area contributed by atoms with Crippen LogP contribution in [0, 0.1) is 5.92 Å². The van der Waals surface area contributed by atoms with Gasteiger partial charge in [-0.05, 0) is 32.1 Å². The minimum atomic E-state index is -0.303. The van der Waals surface area contributed by atoms with Gasteiger partial charge in [-0.25, -0.2) is 0 Å². The van der Waals surface area contributed by atoms with Crippen molar-refractivity contribution in [3.05, 3.63) is 0 Å². The molecule has 2 saturated heterocycles. The zero-order chi connectivity index (χ0) is 13.7. The second-order valence-corrected chi connectivity index (χ2v) is 5.91. The van der Waals surface area contributed by atoms with Crippen LogP contribution in [-0.4, -0.2) is 55.7 Å². The number of rotatable bonds is 5. The fourth-order valence-electron chi connectivity index (χ4n) is 3.09. The molecule has 0 aromatic carbocycles. The molecule has 4 nitrogen and oxygen atoms in total. The van der Waals surface area contributed by atoms with Crippen molar-refractivity contribution in [2.75, 3.05) is 39.5 Å². The highest BCUT2D eigenvalue weighted by atomic mass is 16.5. The lowest BCUT2D eigenvalue weighted by Gasteiger charge is -2.42. The number of ketones is 1. The first-order chi connectivity index (χ1) is 9.16. The van der Waals surface area contributed by atoms with Crippen LogP contribution in [0.1, 0.15) is 39.5 Å². The minimum Gasteiger partial charge on any atom is -0.381 e. The highest BCUT2D eigenvalue weighted by Crippen LogP contribution is 2.28. The van der Waals surface area contributed by atoms with Gasteiger partial charge in [-0.15, -0.1) is 0 Å². The molecule has 0 N–H and O–H groups in total. The van der Waals surface area contributed by atoms with Gasteiger partial charge in [0.1, 0.15) is 0 Å². The third-order valence-corrected chi connectivity index (χ3v) is 4.81. The fraction of sp³-hybridized carbons (Fsp3) is 0.933. The van der Waals surface area contributed by atoms with Crippen LogP contribution in [-0.2, 0) is 14.3 Å². The molecule has 0 bridgehead atoms. The van der Waals surface area contributed by atoms with Crippen LogP contribution in [0.15, 0.2) is 0 Å². The van der Waals surface area contributed by atoms with Gasteiger partial charge >= 0.3 is 0 Å². The molecular formula is C15H27NO3. The number of hydrogen-bond donors (Lipinski definition) is 0. The van der Waals surface area contributed by atoms with Gasteiger partial charge in [0.05, 0.1) is 18.8 Å². The molecule has 1 unspecified atom stereocenters. The Bertz CT molecular complexity index is 296. The number of Topliss-reactive ketones (excluding diaryl/α,β-unsaturated/α-hetero) is 1. The topological polar surface area (TPSA) is 38.8 Å². The van der Waals surface area contributed by atoms with E-state index >= 15 is 0 Å². The van der Waals surface area contributed by atoms with Crippen LogP contribution >= 0.6 is 0 Å². The monoisotopic (exact) mass is 269 g/mol. The van der Waals surface area contributed by atoms with Gasteiger partial charge in [0.2, 0.25) is 0 Å². The SMILES string of the molecule is CCC(C)(C(=O)CC1CCOCC1)N1CCOCC1. The normalized spacial score (nSPS) is 26.0. The van der Waals surface area contributed by atoms with Crippen molar-refractivity contribution in [1.82, 2.24) is 4.90 Å². The summed E-state index contributed by atoms with van der Waals surface area (Å²) < 4.78 is 10.8. The maximum absolute atomic E-state index is 12.7. The van der Waals surface area contributed by atoms with Crippen LogP contribution in [0.3, 0.4) is 0 Å². The molecule has 2 heterocycles. The van der Waals surface area contributed by atoms with Crippen molar-refractivity contribution in [2.45, 2.75) is 45.1 Å². The molecule has 0 spiro atoms. The Hall–Kier alpha value is -0.450. The van der Waals surface area contributed by atoms with Crippen molar-refractivity contribution in [2.24, 2.45) is 5.92 Å². The van der Waals surface area contributed by atoms with Crippen LogP contribution in [0.2, 0.25) is 0 Å². The van der Waals surface area contributed by atoms with Crippen LogP contribution in [0.4, 0.5) is 0 Å². The van der Waals surface area contributed by atoms with E-state index in [1.807, 2.05) is 0 Å². The Balaban J connectivity index is 1.95. The molecule has 0 aliphatic carbocycles. The quantitative estimate of drug-likeness (QED) is 0.764. The highest BCUT2D eigenvalue weighted by molar-refractivity contribution is 5.88. The van der Waals surface area contributed by atoms with Crippen molar-refractivity contribution in [1.29, 1.82) is 0 Å². The summed E-state index contributed by atoms with van der Waals surface area (Å²) in [5.74, 6) is 0.928. The van der Waals surface area contributed by atoms with E-state index in [-0.39, 0.29) is 5.54 Å². The van der Waals surface area contributed by atoms with E-state index < -0.39 is 0 Å². The highest BCUT2D eigenvalue weighted by Gasteiger charge is 2.38. The van der Waals surface area contributed by atoms with E-state index in [2.05, 4.69) is 18.7 Å². The molecule has 0 aromatic heterocycles. The molecule has 0 saturated carbocycles. The number of nitrogens with zero attached hydrogens (tertiary/aromatic N) is 1. The molecule has 1 atom stereocenters. The van der Waals surface area contributed by atoms with Gasteiger partial charge in [-0.2, -0.15) is 0 Å². The zero-order valence-electron chi connectivity index (χ0n) is 12.3. The van der Waals surface area contributed by atoms with Gasteiger partial charge < -0.3 is 9.47 Å². The number of hydrogen-bond acceptors (Lipinski definition) is 4. The third kappa shape index (κ3) is 3.56. The maximum Gasteiger partial charge on any atom is 0.153 e. The molecule has 2 fully saturated rings. The van der Waals surface area contributed by atoms with E-state index in [1.54, 1.807) is 0 Å². The van der Waals surface area contributed by atoms with E-state index in [1.165, 1.54) is 0 Å². The molecule has 0 radical (unpaired) electrons. The van der Waals surface area contributed by atoms with Crippen molar-refractivity contribution < 1.29 is 14.3 Å². The van der Waals surface area contributed by atoms with Gasteiger partial charge in [0.15, 0.2) is 5.78 Å². The Kier molecular flexibility index (Phi) is 5.37. The molecule has 2 rings (SSSR count). The van der Waals surface area contributed by atoms with Crippen molar-refractivity contribution >= 4 is 5.78 Å². The lowest BCUT2D eigenvalue weighted by molar-refractivity contribution is -0.135. The molecule has 110 valence electrons. The molecule has 19 heavy (non-hydrogen) atoms. The van der Waals surface area contributed by atoms with Crippen molar-refractivity contribution in [3.63, 3.8) is 0 Å². The first-order valence-corrected chi connectivity index (χ1v) is 7.60. The summed E-state index contributed by atoms with van der Waals surface area (Å²) in [5.41, 5.74) is -0.303. The van der Waals surface area contributed by atoms with Gasteiger partial charge in [0.25, 0.3) is 0 Å². The average Bonchev–Trinajstić information content (AvgIpc) is 2.48. The molecular weight excluding hydrogens is 242 g/mol. The average molecular weight is 269 g/mol. The molecule has 0 aromatic rings. The third-order valence-electron chi connectivity index (χ3n) is 4.81. The zero-order valence-corrected chi connectivity index (χ0v) is 12.3. The lowest BCUT2D eigenvalue weighted by Crippen LogP contribution is -2.56. The molecule has 0 amide bonds. The van der Waals surface area contributed by atoms with E-state index in [0.717, 1.165) is 58.8 Å². The van der Waals surface area contributed by atoms with Crippen molar-refractivity contribution in [3.8, 4) is 0 Å². The number of morpholine rings is 1. The molecule has 4 heteroatoms. The number of carbonyl (C=O) groups excluding carboxylic acids is 1. The van der Waals surface area contributed by atoms with Gasteiger partial charge in [-0.1, -0.05) is 6.92 Å². The summed E-state index contributed by atoms with van der Waals surface area (Å²) in [6.45, 7) is 9.13. The second-order valence-electron chi connectivity index (χ2n) is 5.91. The summed E-state index contributed by atoms with van der Waals surface area (Å²) in [7, 11) is 0. The van der Waals surface area contributed by atoms with Gasteiger partial charge in [-0.3, -0.25) is 9.69 Å². The first-order valence-electron chi connectivity index (χ1n) is 7.60. The minimum absolute atomic E-state index is 0.303. The van der Waals surface area contributed by atoms with Gasteiger partial charge in [0, 0.05) is 32.7 Å². The predicted molar refractivity (Wildman–Crippen MR) is 74.3 cm³/mol. The second kappa shape index (κ2) is 6.82. The van der Waals surface area contributed by atoms with Crippen LogP contribution in [0.25, 0.3) is 0 Å². The van der Waals surface area contributed by atoms with E-state index in [4.69, 9.17) is 9.47 Å². The Morgan fingerprint density at radius 3 is 2.32 bits per heavy atom. The summed E-state index contributed by atoms with van der Waals surface area (Å²) >= 11 is 0. The largest absolute Gasteiger partial charge is 0.381 e. The van der Waals surface area contributed by atoms with E-state index in [9.17, 15) is 4.79 Å². The summed E-state index contributed by atoms with van der Waals surface area (Å²) in [5, 5.41) is 0. The van der Waals surface area contributed by atoms with E-state index in [0.29, 0.717) is 18.1 Å². The molecule has 2 aliphatic rings. The number of ether oxygens (including phenoxy) is 2. The Labute approximate surface area is 116 Å². The predicted octanol–water partition coefficient (Wildman–Crippen LogP) is 1.87. The fourth-order valence-corrected chi connectivity index (χ4v) is 3.09. The summed E-state index contributed by atoms with van der Waals surface area (Å²) in [6.07, 6.45) is 3.67. The lowest BCUT2D eigenvalue weighted by atomic mass is 9.83. The number of carbonyl (C=O) groups is 1. The Morgan fingerprint density at radius 2 is 1.74 bits per heavy atom. The van der Waals surface area contributed by atoms with Crippen LogP contribution in [0.5, 0.6) is 0 Å². The Morgan fingerprint density at radius 1 is 1.16 bits per heavy atom. The molecule has 2 aliphatic heterocycles.